The largest absolute Gasteiger partial charge is 0.363 e. The molecule has 29 heavy (non-hydrogen) atoms. The summed E-state index contributed by atoms with van der Waals surface area (Å²) in [7, 11) is 1.59. The minimum absolute atomic E-state index is 0.0155. The number of benzene rings is 1. The van der Waals surface area contributed by atoms with E-state index in [1.165, 1.54) is 6.20 Å². The fraction of sp³-hybridized carbons (Fsp3) is 0.364. The van der Waals surface area contributed by atoms with E-state index in [9.17, 15) is 9.59 Å². The van der Waals surface area contributed by atoms with Crippen LogP contribution in [0.15, 0.2) is 36.5 Å². The van der Waals surface area contributed by atoms with Gasteiger partial charge in [-0.05, 0) is 42.3 Å². The molecule has 3 atom stereocenters. The number of aromatic nitrogens is 1. The highest BCUT2D eigenvalue weighted by Crippen LogP contribution is 2.43. The van der Waals surface area contributed by atoms with Gasteiger partial charge in [-0.2, -0.15) is 5.26 Å². The van der Waals surface area contributed by atoms with Crippen LogP contribution < -0.4 is 15.5 Å². The van der Waals surface area contributed by atoms with Gasteiger partial charge in [-0.1, -0.05) is 13.8 Å². The maximum atomic E-state index is 12.5. The third-order valence-corrected chi connectivity index (χ3v) is 5.53. The Hall–Kier alpha value is -3.40. The molecule has 1 aliphatic heterocycles. The second-order valence-electron chi connectivity index (χ2n) is 7.24. The number of hydrogen-bond donors (Lipinski definition) is 2. The second kappa shape index (κ2) is 8.31. The molecule has 1 aromatic heterocycles. The summed E-state index contributed by atoms with van der Waals surface area (Å²) in [6.45, 7) is 5.74. The molecule has 0 fully saturated rings. The van der Waals surface area contributed by atoms with Gasteiger partial charge in [0.15, 0.2) is 0 Å². The predicted octanol–water partition coefficient (Wildman–Crippen LogP) is 3.25. The molecule has 1 aromatic carbocycles. The molecule has 0 aliphatic carbocycles. The highest BCUT2D eigenvalue weighted by molar-refractivity contribution is 5.97. The summed E-state index contributed by atoms with van der Waals surface area (Å²) in [5.74, 6) is 0.521. The zero-order chi connectivity index (χ0) is 21.1. The van der Waals surface area contributed by atoms with Crippen molar-refractivity contribution in [2.24, 2.45) is 5.92 Å². The van der Waals surface area contributed by atoms with Gasteiger partial charge in [0.2, 0.25) is 5.91 Å². The summed E-state index contributed by atoms with van der Waals surface area (Å²) >= 11 is 0. The number of nitrogens with zero attached hydrogens (tertiary/aromatic N) is 3. The number of nitriles is 1. The van der Waals surface area contributed by atoms with Crippen LogP contribution >= 0.6 is 0 Å². The average Bonchev–Trinajstić information content (AvgIpc) is 2.74. The standard InChI is InChI=1S/C22H25N5O2/c1-5-18-13(2)21(26-20-9-6-15(11-23)12-25-20)17-10-16(22(29)24-4)7-8-19(17)27(18)14(3)28/h6-10,12-13,18,21H,5H2,1-4H3,(H,24,29)(H,25,26)/t13-,18-,21+/m0/s1. The Bertz CT molecular complexity index is 964. The lowest BCUT2D eigenvalue weighted by atomic mass is 9.80. The highest BCUT2D eigenvalue weighted by atomic mass is 16.2. The zero-order valence-corrected chi connectivity index (χ0v) is 17.1. The van der Waals surface area contributed by atoms with Crippen molar-refractivity contribution in [2.45, 2.75) is 39.3 Å². The number of carbonyl (C=O) groups is 2. The molecule has 2 N–H and O–H groups in total. The van der Waals surface area contributed by atoms with Crippen LogP contribution in [0, 0.1) is 17.2 Å². The zero-order valence-electron chi connectivity index (χ0n) is 17.1. The molecular formula is C22H25N5O2. The third kappa shape index (κ3) is 3.79. The van der Waals surface area contributed by atoms with E-state index in [0.717, 1.165) is 17.7 Å². The Kier molecular flexibility index (Phi) is 5.83. The van der Waals surface area contributed by atoms with E-state index in [1.807, 2.05) is 17.0 Å². The summed E-state index contributed by atoms with van der Waals surface area (Å²) in [5.41, 5.74) is 2.71. The SMILES string of the molecule is CC[C@H]1[C@H](C)[C@@H](Nc2ccc(C#N)cn2)c2cc(C(=O)NC)ccc2N1C(C)=O. The Morgan fingerprint density at radius 2 is 2.03 bits per heavy atom. The summed E-state index contributed by atoms with van der Waals surface area (Å²) in [6, 6.07) is 10.8. The van der Waals surface area contributed by atoms with Gasteiger partial charge in [-0.25, -0.2) is 4.98 Å². The number of anilines is 2. The van der Waals surface area contributed by atoms with Crippen LogP contribution in [0.2, 0.25) is 0 Å². The van der Waals surface area contributed by atoms with Gasteiger partial charge >= 0.3 is 0 Å². The summed E-state index contributed by atoms with van der Waals surface area (Å²) in [4.78, 5) is 30.8. The lowest BCUT2D eigenvalue weighted by Crippen LogP contribution is -2.49. The first-order chi connectivity index (χ1) is 13.9. The lowest BCUT2D eigenvalue weighted by molar-refractivity contribution is -0.117. The molecule has 150 valence electrons. The summed E-state index contributed by atoms with van der Waals surface area (Å²) in [5, 5.41) is 15.1. The molecule has 2 heterocycles. The van der Waals surface area contributed by atoms with Gasteiger partial charge in [-0.15, -0.1) is 0 Å². The molecule has 0 spiro atoms. The number of carbonyl (C=O) groups excluding carboxylic acids is 2. The number of nitrogens with one attached hydrogen (secondary N) is 2. The van der Waals surface area contributed by atoms with Crippen molar-refractivity contribution in [1.82, 2.24) is 10.3 Å². The summed E-state index contributed by atoms with van der Waals surface area (Å²) < 4.78 is 0. The van der Waals surface area contributed by atoms with Gasteiger partial charge in [0.05, 0.1) is 11.6 Å². The molecule has 7 nitrogen and oxygen atoms in total. The third-order valence-electron chi connectivity index (χ3n) is 5.53. The Morgan fingerprint density at radius 3 is 2.59 bits per heavy atom. The van der Waals surface area contributed by atoms with Crippen LogP contribution in [-0.4, -0.2) is 29.9 Å². The number of fused-ring (bicyclic) bond motifs is 1. The number of hydrogen-bond acceptors (Lipinski definition) is 5. The number of rotatable bonds is 4. The Morgan fingerprint density at radius 1 is 1.28 bits per heavy atom. The van der Waals surface area contributed by atoms with E-state index in [1.54, 1.807) is 32.2 Å². The second-order valence-corrected chi connectivity index (χ2v) is 7.24. The topological polar surface area (TPSA) is 98.1 Å². The van der Waals surface area contributed by atoms with Crippen molar-refractivity contribution in [3.8, 4) is 6.07 Å². The first-order valence-corrected chi connectivity index (χ1v) is 9.69. The maximum absolute atomic E-state index is 12.5. The fourth-order valence-electron chi connectivity index (χ4n) is 4.10. The average molecular weight is 391 g/mol. The Balaban J connectivity index is 2.10. The van der Waals surface area contributed by atoms with Crippen LogP contribution in [0.25, 0.3) is 0 Å². The molecule has 7 heteroatoms. The molecule has 0 bridgehead atoms. The first-order valence-electron chi connectivity index (χ1n) is 9.69. The minimum atomic E-state index is -0.178. The summed E-state index contributed by atoms with van der Waals surface area (Å²) in [6.07, 6.45) is 2.33. The van der Waals surface area contributed by atoms with E-state index in [4.69, 9.17) is 5.26 Å². The molecule has 0 unspecified atom stereocenters. The predicted molar refractivity (Wildman–Crippen MR) is 112 cm³/mol. The van der Waals surface area contributed by atoms with E-state index in [-0.39, 0.29) is 29.8 Å². The molecular weight excluding hydrogens is 366 g/mol. The van der Waals surface area contributed by atoms with E-state index in [2.05, 4.69) is 35.5 Å². The molecule has 1 aliphatic rings. The van der Waals surface area contributed by atoms with E-state index >= 15 is 0 Å². The van der Waals surface area contributed by atoms with E-state index < -0.39 is 0 Å². The van der Waals surface area contributed by atoms with Gasteiger partial charge < -0.3 is 15.5 Å². The Labute approximate surface area is 170 Å². The van der Waals surface area contributed by atoms with E-state index in [0.29, 0.717) is 16.9 Å². The van der Waals surface area contributed by atoms with Crippen molar-refractivity contribution in [3.05, 3.63) is 53.2 Å². The maximum Gasteiger partial charge on any atom is 0.251 e. The van der Waals surface area contributed by atoms with Crippen molar-refractivity contribution in [1.29, 1.82) is 5.26 Å². The van der Waals surface area contributed by atoms with Crippen molar-refractivity contribution >= 4 is 23.3 Å². The lowest BCUT2D eigenvalue weighted by Gasteiger charge is -2.45. The number of amides is 2. The monoisotopic (exact) mass is 391 g/mol. The van der Waals surface area contributed by atoms with Crippen molar-refractivity contribution < 1.29 is 9.59 Å². The van der Waals surface area contributed by atoms with Crippen molar-refractivity contribution in [3.63, 3.8) is 0 Å². The van der Waals surface area contributed by atoms with Crippen LogP contribution in [0.5, 0.6) is 0 Å². The molecule has 2 amide bonds. The first kappa shape index (κ1) is 20.3. The number of pyridine rings is 1. The molecule has 2 aromatic rings. The van der Waals surface area contributed by atoms with Crippen molar-refractivity contribution in [2.75, 3.05) is 17.3 Å². The van der Waals surface area contributed by atoms with Crippen LogP contribution in [0.1, 0.15) is 54.7 Å². The molecule has 0 saturated carbocycles. The van der Waals surface area contributed by atoms with Crippen LogP contribution in [0.3, 0.4) is 0 Å². The van der Waals surface area contributed by atoms with Gasteiger partial charge in [0.1, 0.15) is 11.9 Å². The van der Waals surface area contributed by atoms with Crippen LogP contribution in [-0.2, 0) is 4.79 Å². The smallest absolute Gasteiger partial charge is 0.251 e. The highest BCUT2D eigenvalue weighted by Gasteiger charge is 2.40. The minimum Gasteiger partial charge on any atom is -0.363 e. The van der Waals surface area contributed by atoms with Crippen LogP contribution in [0.4, 0.5) is 11.5 Å². The van der Waals surface area contributed by atoms with Gasteiger partial charge in [0, 0.05) is 43.4 Å². The van der Waals surface area contributed by atoms with Gasteiger partial charge in [0.25, 0.3) is 5.91 Å². The molecule has 0 saturated heterocycles. The normalized spacial score (nSPS) is 20.4. The fourth-order valence-corrected chi connectivity index (χ4v) is 4.10. The quantitative estimate of drug-likeness (QED) is 0.834. The molecule has 3 rings (SSSR count). The molecule has 0 radical (unpaired) electrons. The van der Waals surface area contributed by atoms with Gasteiger partial charge in [-0.3, -0.25) is 9.59 Å².